The van der Waals surface area contributed by atoms with Gasteiger partial charge in [0.15, 0.2) is 0 Å². The number of para-hydroxylation sites is 1. The van der Waals surface area contributed by atoms with Gasteiger partial charge < -0.3 is 10.2 Å². The molecule has 0 spiro atoms. The molecule has 1 fully saturated rings. The Bertz CT molecular complexity index is 648. The van der Waals surface area contributed by atoms with E-state index in [-0.39, 0.29) is 30.7 Å². The maximum Gasteiger partial charge on any atom is 0.241 e. The molecule has 1 amide bonds. The van der Waals surface area contributed by atoms with E-state index in [0.29, 0.717) is 6.54 Å². The standard InChI is InChI=1S/C17H20BrN3OS.2ClH/c18-16-7-6-15(23-16)13-20-8-10-21(11-9-20)17(22)12-19-14-4-2-1-3-5-14;;/h1-7,19H,8-13H2;2*1H. The minimum atomic E-state index is 0. The van der Waals surface area contributed by atoms with Gasteiger partial charge >= 0.3 is 0 Å². The van der Waals surface area contributed by atoms with Crippen molar-refractivity contribution in [3.8, 4) is 0 Å². The number of nitrogens with one attached hydrogen (secondary N) is 1. The zero-order valence-corrected chi connectivity index (χ0v) is 17.7. The molecule has 4 nitrogen and oxygen atoms in total. The second kappa shape index (κ2) is 11.0. The van der Waals surface area contributed by atoms with Crippen molar-refractivity contribution < 1.29 is 4.79 Å². The minimum Gasteiger partial charge on any atom is -0.376 e. The second-order valence-electron chi connectivity index (χ2n) is 5.58. The van der Waals surface area contributed by atoms with Crippen LogP contribution >= 0.6 is 52.1 Å². The van der Waals surface area contributed by atoms with E-state index >= 15 is 0 Å². The molecule has 0 aliphatic carbocycles. The van der Waals surface area contributed by atoms with Crippen molar-refractivity contribution in [3.05, 3.63) is 51.1 Å². The van der Waals surface area contributed by atoms with Crippen LogP contribution in [-0.2, 0) is 11.3 Å². The Morgan fingerprint density at radius 1 is 1.04 bits per heavy atom. The van der Waals surface area contributed by atoms with Gasteiger partial charge in [-0.05, 0) is 40.2 Å². The SMILES string of the molecule is Cl.Cl.O=C(CNc1ccccc1)N1CCN(Cc2ccc(Br)s2)CC1. The van der Waals surface area contributed by atoms with Crippen molar-refractivity contribution in [1.82, 2.24) is 9.80 Å². The van der Waals surface area contributed by atoms with Crippen LogP contribution in [0.25, 0.3) is 0 Å². The number of benzene rings is 1. The summed E-state index contributed by atoms with van der Waals surface area (Å²) < 4.78 is 1.17. The molecule has 0 radical (unpaired) electrons. The van der Waals surface area contributed by atoms with Crippen molar-refractivity contribution >= 4 is 63.7 Å². The molecule has 1 aliphatic heterocycles. The summed E-state index contributed by atoms with van der Waals surface area (Å²) in [5.41, 5.74) is 0.989. The number of hydrogen-bond acceptors (Lipinski definition) is 4. The zero-order valence-electron chi connectivity index (χ0n) is 13.7. The molecule has 0 atom stereocenters. The van der Waals surface area contributed by atoms with Gasteiger partial charge in [0.25, 0.3) is 0 Å². The Morgan fingerprint density at radius 2 is 1.72 bits per heavy atom. The number of piperazine rings is 1. The molecule has 3 rings (SSSR count). The number of carbonyl (C=O) groups is 1. The normalized spacial score (nSPS) is 14.4. The van der Waals surface area contributed by atoms with Gasteiger partial charge in [0, 0.05) is 43.3 Å². The number of rotatable bonds is 5. The van der Waals surface area contributed by atoms with Gasteiger partial charge in [-0.3, -0.25) is 9.69 Å². The number of amides is 1. The van der Waals surface area contributed by atoms with E-state index in [2.05, 4.69) is 38.3 Å². The third-order valence-corrected chi connectivity index (χ3v) is 5.56. The topological polar surface area (TPSA) is 35.6 Å². The van der Waals surface area contributed by atoms with E-state index in [9.17, 15) is 4.79 Å². The predicted octanol–water partition coefficient (Wildman–Crippen LogP) is 4.11. The highest BCUT2D eigenvalue weighted by Crippen LogP contribution is 2.23. The summed E-state index contributed by atoms with van der Waals surface area (Å²) in [5, 5.41) is 3.19. The fourth-order valence-electron chi connectivity index (χ4n) is 2.66. The molecule has 0 saturated carbocycles. The molecule has 2 aromatic rings. The van der Waals surface area contributed by atoms with Crippen LogP contribution in [0.1, 0.15) is 4.88 Å². The predicted molar refractivity (Wildman–Crippen MR) is 113 cm³/mol. The summed E-state index contributed by atoms with van der Waals surface area (Å²) in [6.07, 6.45) is 0. The second-order valence-corrected chi connectivity index (χ2v) is 8.13. The molecular weight excluding hydrogens is 445 g/mol. The maximum absolute atomic E-state index is 12.3. The molecule has 1 saturated heterocycles. The largest absolute Gasteiger partial charge is 0.376 e. The molecule has 138 valence electrons. The number of halogens is 3. The first-order chi connectivity index (χ1) is 11.2. The summed E-state index contributed by atoms with van der Waals surface area (Å²) in [6.45, 7) is 4.82. The zero-order chi connectivity index (χ0) is 16.1. The Morgan fingerprint density at radius 3 is 2.32 bits per heavy atom. The molecule has 1 aliphatic rings. The molecule has 25 heavy (non-hydrogen) atoms. The van der Waals surface area contributed by atoms with Crippen molar-refractivity contribution in [2.24, 2.45) is 0 Å². The summed E-state index contributed by atoms with van der Waals surface area (Å²) in [5.74, 6) is 0.173. The summed E-state index contributed by atoms with van der Waals surface area (Å²) in [7, 11) is 0. The smallest absolute Gasteiger partial charge is 0.241 e. The van der Waals surface area contributed by atoms with Crippen molar-refractivity contribution in [2.45, 2.75) is 6.54 Å². The lowest BCUT2D eigenvalue weighted by Gasteiger charge is -2.34. The van der Waals surface area contributed by atoms with Crippen LogP contribution < -0.4 is 5.32 Å². The van der Waals surface area contributed by atoms with Gasteiger partial charge in [-0.25, -0.2) is 0 Å². The number of nitrogens with zero attached hydrogens (tertiary/aromatic N) is 2. The lowest BCUT2D eigenvalue weighted by molar-refractivity contribution is -0.131. The number of carbonyl (C=O) groups excluding carboxylic acids is 1. The first-order valence-corrected chi connectivity index (χ1v) is 9.35. The lowest BCUT2D eigenvalue weighted by Crippen LogP contribution is -2.49. The van der Waals surface area contributed by atoms with Gasteiger partial charge in [0.1, 0.15) is 0 Å². The minimum absolute atomic E-state index is 0. The number of hydrogen-bond donors (Lipinski definition) is 1. The van der Waals surface area contributed by atoms with E-state index in [0.717, 1.165) is 38.4 Å². The molecule has 0 bridgehead atoms. The Hall–Kier alpha value is -0.790. The first-order valence-electron chi connectivity index (χ1n) is 7.74. The average Bonchev–Trinajstić information content (AvgIpc) is 2.99. The highest BCUT2D eigenvalue weighted by atomic mass is 79.9. The van der Waals surface area contributed by atoms with E-state index < -0.39 is 0 Å². The first kappa shape index (κ1) is 22.3. The third kappa shape index (κ3) is 6.79. The van der Waals surface area contributed by atoms with E-state index in [1.165, 1.54) is 8.66 Å². The molecule has 8 heteroatoms. The van der Waals surface area contributed by atoms with Crippen LogP contribution in [0.5, 0.6) is 0 Å². The highest BCUT2D eigenvalue weighted by Gasteiger charge is 2.21. The summed E-state index contributed by atoms with van der Waals surface area (Å²) in [6, 6.07) is 14.1. The average molecular weight is 467 g/mol. The number of thiophene rings is 1. The van der Waals surface area contributed by atoms with Crippen molar-refractivity contribution in [2.75, 3.05) is 38.0 Å². The Kier molecular flexibility index (Phi) is 9.82. The maximum atomic E-state index is 12.3. The van der Waals surface area contributed by atoms with Crippen LogP contribution in [0.4, 0.5) is 5.69 Å². The number of anilines is 1. The molecule has 1 N–H and O–H groups in total. The van der Waals surface area contributed by atoms with Gasteiger partial charge in [0.2, 0.25) is 5.91 Å². The van der Waals surface area contributed by atoms with Crippen LogP contribution in [0.2, 0.25) is 0 Å². The van der Waals surface area contributed by atoms with E-state index in [4.69, 9.17) is 0 Å². The van der Waals surface area contributed by atoms with E-state index in [1.807, 2.05) is 35.2 Å². The Balaban J connectivity index is 0.00000156. The molecule has 0 unspecified atom stereocenters. The fraction of sp³-hybridized carbons (Fsp3) is 0.353. The quantitative estimate of drug-likeness (QED) is 0.720. The third-order valence-electron chi connectivity index (χ3n) is 3.95. The van der Waals surface area contributed by atoms with Crippen molar-refractivity contribution in [3.63, 3.8) is 0 Å². The highest BCUT2D eigenvalue weighted by molar-refractivity contribution is 9.11. The van der Waals surface area contributed by atoms with Gasteiger partial charge in [-0.2, -0.15) is 0 Å². The van der Waals surface area contributed by atoms with Crippen LogP contribution in [0, 0.1) is 0 Å². The van der Waals surface area contributed by atoms with Crippen molar-refractivity contribution in [1.29, 1.82) is 0 Å². The molecule has 1 aromatic carbocycles. The summed E-state index contributed by atoms with van der Waals surface area (Å²) in [4.78, 5) is 18.0. The van der Waals surface area contributed by atoms with Crippen LogP contribution in [0.3, 0.4) is 0 Å². The van der Waals surface area contributed by atoms with Gasteiger partial charge in [0.05, 0.1) is 10.3 Å². The van der Waals surface area contributed by atoms with Crippen LogP contribution in [0.15, 0.2) is 46.3 Å². The van der Waals surface area contributed by atoms with Gasteiger partial charge in [-0.1, -0.05) is 18.2 Å². The summed E-state index contributed by atoms with van der Waals surface area (Å²) >= 11 is 5.28. The van der Waals surface area contributed by atoms with Gasteiger partial charge in [-0.15, -0.1) is 36.2 Å². The Labute approximate surface area is 173 Å². The lowest BCUT2D eigenvalue weighted by atomic mass is 10.3. The monoisotopic (exact) mass is 465 g/mol. The molecule has 1 aromatic heterocycles. The molecule has 2 heterocycles. The van der Waals surface area contributed by atoms with E-state index in [1.54, 1.807) is 11.3 Å². The van der Waals surface area contributed by atoms with Crippen LogP contribution in [-0.4, -0.2) is 48.4 Å². The molecular formula is C17H22BrCl2N3OS. The fourth-order valence-corrected chi connectivity index (χ4v) is 4.18.